The van der Waals surface area contributed by atoms with Crippen molar-refractivity contribution in [2.45, 2.75) is 32.6 Å². The predicted molar refractivity (Wildman–Crippen MR) is 70.9 cm³/mol. The maximum atomic E-state index is 11.2. The van der Waals surface area contributed by atoms with E-state index in [2.05, 4.69) is 33.1 Å². The van der Waals surface area contributed by atoms with Crippen molar-refractivity contribution in [3.05, 3.63) is 0 Å². The smallest absolute Gasteiger partial charge is 0.220 e. The molecule has 1 fully saturated rings. The molecule has 1 rings (SSSR count). The number of carbonyl (C=O) groups is 1. The highest BCUT2D eigenvalue weighted by atomic mass is 79.9. The van der Waals surface area contributed by atoms with Gasteiger partial charge < -0.3 is 10.2 Å². The van der Waals surface area contributed by atoms with E-state index in [1.807, 2.05) is 0 Å². The summed E-state index contributed by atoms with van der Waals surface area (Å²) in [5, 5.41) is 3.69. The lowest BCUT2D eigenvalue weighted by Crippen LogP contribution is -2.35. The molecule has 0 aliphatic carbocycles. The Bertz CT molecular complexity index is 203. The second kappa shape index (κ2) is 8.07. The summed E-state index contributed by atoms with van der Waals surface area (Å²) in [5.41, 5.74) is 0. The van der Waals surface area contributed by atoms with E-state index in [9.17, 15) is 4.79 Å². The Balaban J connectivity index is 1.97. The van der Waals surface area contributed by atoms with Gasteiger partial charge in [0.2, 0.25) is 5.91 Å². The number of alkyl halides is 1. The Kier molecular flexibility index (Phi) is 7.05. The van der Waals surface area contributed by atoms with Gasteiger partial charge in [0.25, 0.3) is 0 Å². The first-order chi connectivity index (χ1) is 7.72. The zero-order chi connectivity index (χ0) is 11.8. The Morgan fingerprint density at radius 3 is 2.75 bits per heavy atom. The summed E-state index contributed by atoms with van der Waals surface area (Å²) in [6, 6.07) is 0. The average molecular weight is 291 g/mol. The molecule has 4 heteroatoms. The molecule has 1 aliphatic rings. The van der Waals surface area contributed by atoms with Crippen molar-refractivity contribution in [3.63, 3.8) is 0 Å². The summed E-state index contributed by atoms with van der Waals surface area (Å²) in [7, 11) is 0. The van der Waals surface area contributed by atoms with E-state index < -0.39 is 0 Å². The molecular formula is C12H23BrN2O. The molecule has 0 saturated carbocycles. The third-order valence-electron chi connectivity index (χ3n) is 3.17. The SMILES string of the molecule is CC1CCN(CCCNC(=O)CCBr)CC1. The van der Waals surface area contributed by atoms with Crippen molar-refractivity contribution in [3.8, 4) is 0 Å². The number of nitrogens with one attached hydrogen (secondary N) is 1. The van der Waals surface area contributed by atoms with Gasteiger partial charge in [-0.15, -0.1) is 0 Å². The molecule has 0 aromatic heterocycles. The molecule has 0 aromatic rings. The Hall–Kier alpha value is -0.0900. The molecule has 0 unspecified atom stereocenters. The van der Waals surface area contributed by atoms with Crippen molar-refractivity contribution in [1.29, 1.82) is 0 Å². The molecule has 0 radical (unpaired) electrons. The molecule has 16 heavy (non-hydrogen) atoms. The van der Waals surface area contributed by atoms with Crippen LogP contribution in [0.15, 0.2) is 0 Å². The fourth-order valence-electron chi connectivity index (χ4n) is 1.99. The molecule has 0 spiro atoms. The van der Waals surface area contributed by atoms with Crippen LogP contribution >= 0.6 is 15.9 Å². The van der Waals surface area contributed by atoms with Crippen molar-refractivity contribution in [2.75, 3.05) is 31.5 Å². The fourth-order valence-corrected chi connectivity index (χ4v) is 2.35. The number of piperidine rings is 1. The van der Waals surface area contributed by atoms with Crippen molar-refractivity contribution < 1.29 is 4.79 Å². The number of carbonyl (C=O) groups excluding carboxylic acids is 1. The number of nitrogens with zero attached hydrogens (tertiary/aromatic N) is 1. The number of amides is 1. The van der Waals surface area contributed by atoms with Crippen LogP contribution in [0.4, 0.5) is 0 Å². The van der Waals surface area contributed by atoms with E-state index in [0.29, 0.717) is 6.42 Å². The molecule has 3 nitrogen and oxygen atoms in total. The lowest BCUT2D eigenvalue weighted by atomic mass is 9.99. The van der Waals surface area contributed by atoms with E-state index in [-0.39, 0.29) is 5.91 Å². The van der Waals surface area contributed by atoms with Gasteiger partial charge in [-0.2, -0.15) is 0 Å². The lowest BCUT2D eigenvalue weighted by molar-refractivity contribution is -0.120. The first kappa shape index (κ1) is 14.0. The molecule has 0 bridgehead atoms. The Morgan fingerprint density at radius 1 is 1.44 bits per heavy atom. The number of hydrogen-bond acceptors (Lipinski definition) is 2. The molecule has 94 valence electrons. The zero-order valence-corrected chi connectivity index (χ0v) is 11.8. The normalized spacial score (nSPS) is 18.6. The largest absolute Gasteiger partial charge is 0.356 e. The first-order valence-electron chi connectivity index (χ1n) is 6.27. The number of halogens is 1. The predicted octanol–water partition coefficient (Wildman–Crippen LogP) is 2.01. The second-order valence-electron chi connectivity index (χ2n) is 4.67. The second-order valence-corrected chi connectivity index (χ2v) is 5.46. The van der Waals surface area contributed by atoms with Gasteiger partial charge in [-0.25, -0.2) is 0 Å². The number of hydrogen-bond donors (Lipinski definition) is 1. The Morgan fingerprint density at radius 2 is 2.12 bits per heavy atom. The third-order valence-corrected chi connectivity index (χ3v) is 3.57. The van der Waals surface area contributed by atoms with Gasteiger partial charge in [0.1, 0.15) is 0 Å². The van der Waals surface area contributed by atoms with Crippen molar-refractivity contribution >= 4 is 21.8 Å². The summed E-state index contributed by atoms with van der Waals surface area (Å²) in [4.78, 5) is 13.7. The van der Waals surface area contributed by atoms with Gasteiger partial charge >= 0.3 is 0 Å². The standard InChI is InChI=1S/C12H23BrN2O/c1-11-4-9-15(10-5-11)8-2-7-14-12(16)3-6-13/h11H,2-10H2,1H3,(H,14,16). The molecule has 1 amide bonds. The number of likely N-dealkylation sites (tertiary alicyclic amines) is 1. The quantitative estimate of drug-likeness (QED) is 0.600. The topological polar surface area (TPSA) is 32.3 Å². The van der Waals surface area contributed by atoms with Gasteiger partial charge in [0, 0.05) is 18.3 Å². The van der Waals surface area contributed by atoms with Crippen LogP contribution in [0.5, 0.6) is 0 Å². The van der Waals surface area contributed by atoms with Crippen molar-refractivity contribution in [1.82, 2.24) is 10.2 Å². The fraction of sp³-hybridized carbons (Fsp3) is 0.917. The zero-order valence-electron chi connectivity index (χ0n) is 10.2. The lowest BCUT2D eigenvalue weighted by Gasteiger charge is -2.30. The van der Waals surface area contributed by atoms with Crippen LogP contribution in [0.1, 0.15) is 32.6 Å². The maximum Gasteiger partial charge on any atom is 0.220 e. The van der Waals surface area contributed by atoms with Crippen LogP contribution in [-0.2, 0) is 4.79 Å². The minimum Gasteiger partial charge on any atom is -0.356 e. The number of rotatable bonds is 6. The molecule has 1 heterocycles. The first-order valence-corrected chi connectivity index (χ1v) is 7.39. The maximum absolute atomic E-state index is 11.2. The van der Waals surface area contributed by atoms with E-state index in [1.165, 1.54) is 25.9 Å². The van der Waals surface area contributed by atoms with Crippen LogP contribution in [0.25, 0.3) is 0 Å². The molecule has 0 atom stereocenters. The average Bonchev–Trinajstić information content (AvgIpc) is 2.27. The molecular weight excluding hydrogens is 268 g/mol. The monoisotopic (exact) mass is 290 g/mol. The molecule has 0 aromatic carbocycles. The van der Waals surface area contributed by atoms with Gasteiger partial charge in [0.05, 0.1) is 0 Å². The van der Waals surface area contributed by atoms with Crippen LogP contribution in [0, 0.1) is 5.92 Å². The van der Waals surface area contributed by atoms with Crippen LogP contribution in [0.3, 0.4) is 0 Å². The summed E-state index contributed by atoms with van der Waals surface area (Å²) in [6.45, 7) is 6.74. The van der Waals surface area contributed by atoms with Gasteiger partial charge in [0.15, 0.2) is 0 Å². The van der Waals surface area contributed by atoms with Crippen LogP contribution < -0.4 is 5.32 Å². The highest BCUT2D eigenvalue weighted by molar-refractivity contribution is 9.09. The van der Waals surface area contributed by atoms with Crippen LogP contribution in [-0.4, -0.2) is 42.3 Å². The van der Waals surface area contributed by atoms with Crippen LogP contribution in [0.2, 0.25) is 0 Å². The van der Waals surface area contributed by atoms with E-state index in [1.54, 1.807) is 0 Å². The summed E-state index contributed by atoms with van der Waals surface area (Å²) >= 11 is 3.26. The van der Waals surface area contributed by atoms with Gasteiger partial charge in [-0.3, -0.25) is 4.79 Å². The molecule has 1 N–H and O–H groups in total. The van der Waals surface area contributed by atoms with Crippen molar-refractivity contribution in [2.24, 2.45) is 5.92 Å². The van der Waals surface area contributed by atoms with E-state index in [0.717, 1.165) is 30.8 Å². The third kappa shape index (κ3) is 5.85. The van der Waals surface area contributed by atoms with E-state index in [4.69, 9.17) is 0 Å². The molecule has 1 aliphatic heterocycles. The Labute approximate surface area is 107 Å². The minimum atomic E-state index is 0.157. The van der Waals surface area contributed by atoms with Gasteiger partial charge in [-0.1, -0.05) is 22.9 Å². The minimum absolute atomic E-state index is 0.157. The highest BCUT2D eigenvalue weighted by Gasteiger charge is 2.14. The highest BCUT2D eigenvalue weighted by Crippen LogP contribution is 2.15. The summed E-state index contributed by atoms with van der Waals surface area (Å²) in [6.07, 6.45) is 4.32. The van der Waals surface area contributed by atoms with Gasteiger partial charge in [-0.05, 0) is 44.8 Å². The molecule has 1 saturated heterocycles. The summed E-state index contributed by atoms with van der Waals surface area (Å²) < 4.78 is 0. The summed E-state index contributed by atoms with van der Waals surface area (Å²) in [5.74, 6) is 1.05. The van der Waals surface area contributed by atoms with E-state index >= 15 is 0 Å².